The summed E-state index contributed by atoms with van der Waals surface area (Å²) < 4.78 is 19.7. The second kappa shape index (κ2) is 11.1. The minimum Gasteiger partial charge on any atom is -0.486 e. The van der Waals surface area contributed by atoms with Gasteiger partial charge in [0.05, 0.1) is 30.7 Å². The Bertz CT molecular complexity index is 1380. The molecule has 1 amide bonds. The molecular weight excluding hydrogens is 506 g/mol. The molecule has 6 rings (SSSR count). The molecule has 1 N–H and O–H groups in total. The second-order valence-electron chi connectivity index (χ2n) is 10.3. The number of carbonyl (C=O) groups is 1. The standard InChI is InChI=1S/C29H32ClN3O5/c30-22-3-1-19(2-4-22)15-31-29(35)24-17-33-18-26(21-5-9-36-10-6-21)38-25-14-20(13-23(27(25)33)28(24)34)16-32-7-11-37-12-8-32/h1-4,13-14,17,21,26H,5-12,15-16,18H2,(H,31,35). The van der Waals surface area contributed by atoms with Crippen molar-refractivity contribution >= 4 is 28.4 Å². The Labute approximate surface area is 226 Å². The SMILES string of the molecule is O=C(NCc1ccc(Cl)cc1)c1cn2c3c(cc(CN4CCOCC4)cc3c1=O)OC(C1CCOCC1)C2. The van der Waals surface area contributed by atoms with Gasteiger partial charge >= 0.3 is 0 Å². The lowest BCUT2D eigenvalue weighted by atomic mass is 9.92. The van der Waals surface area contributed by atoms with E-state index in [1.165, 1.54) is 0 Å². The highest BCUT2D eigenvalue weighted by atomic mass is 35.5. The van der Waals surface area contributed by atoms with Gasteiger partial charge in [-0.2, -0.15) is 0 Å². The van der Waals surface area contributed by atoms with Crippen molar-refractivity contribution in [2.45, 2.75) is 38.6 Å². The lowest BCUT2D eigenvalue weighted by Gasteiger charge is -2.35. The van der Waals surface area contributed by atoms with Gasteiger partial charge in [-0.1, -0.05) is 23.7 Å². The zero-order chi connectivity index (χ0) is 26.1. The van der Waals surface area contributed by atoms with Crippen LogP contribution in [0.5, 0.6) is 5.75 Å². The maximum Gasteiger partial charge on any atom is 0.257 e. The summed E-state index contributed by atoms with van der Waals surface area (Å²) in [4.78, 5) is 29.3. The summed E-state index contributed by atoms with van der Waals surface area (Å²) >= 11 is 5.98. The summed E-state index contributed by atoms with van der Waals surface area (Å²) in [6.45, 7) is 6.15. The molecule has 2 aromatic carbocycles. The molecule has 200 valence electrons. The Hall–Kier alpha value is -2.91. The zero-order valence-electron chi connectivity index (χ0n) is 21.3. The van der Waals surface area contributed by atoms with Crippen molar-refractivity contribution in [3.63, 3.8) is 0 Å². The van der Waals surface area contributed by atoms with Crippen LogP contribution in [0.1, 0.15) is 34.3 Å². The van der Waals surface area contributed by atoms with Crippen molar-refractivity contribution in [1.82, 2.24) is 14.8 Å². The van der Waals surface area contributed by atoms with E-state index in [-0.39, 0.29) is 23.0 Å². The van der Waals surface area contributed by atoms with Crippen LogP contribution in [0.4, 0.5) is 0 Å². The number of nitrogens with one attached hydrogen (secondary N) is 1. The molecule has 3 aliphatic rings. The second-order valence-corrected chi connectivity index (χ2v) is 10.8. The number of rotatable bonds is 6. The zero-order valence-corrected chi connectivity index (χ0v) is 22.0. The van der Waals surface area contributed by atoms with Crippen LogP contribution >= 0.6 is 11.6 Å². The Balaban J connectivity index is 1.35. The van der Waals surface area contributed by atoms with Crippen LogP contribution in [-0.4, -0.2) is 61.0 Å². The first-order chi connectivity index (χ1) is 18.5. The third-order valence-electron chi connectivity index (χ3n) is 7.76. The van der Waals surface area contributed by atoms with E-state index in [1.54, 1.807) is 18.3 Å². The van der Waals surface area contributed by atoms with Gasteiger partial charge in [0.1, 0.15) is 17.4 Å². The first kappa shape index (κ1) is 25.4. The van der Waals surface area contributed by atoms with E-state index < -0.39 is 0 Å². The molecule has 1 aromatic heterocycles. The number of pyridine rings is 1. The summed E-state index contributed by atoms with van der Waals surface area (Å²) in [5.41, 5.74) is 2.55. The number of carbonyl (C=O) groups excluding carboxylic acids is 1. The van der Waals surface area contributed by atoms with Gasteiger partial charge in [-0.15, -0.1) is 0 Å². The summed E-state index contributed by atoms with van der Waals surface area (Å²) in [6, 6.07) is 11.3. The largest absolute Gasteiger partial charge is 0.486 e. The number of hydrogen-bond acceptors (Lipinski definition) is 6. The third-order valence-corrected chi connectivity index (χ3v) is 8.02. The minimum absolute atomic E-state index is 0.0410. The van der Waals surface area contributed by atoms with Crippen molar-refractivity contribution in [3.05, 3.63) is 74.5 Å². The number of morpholine rings is 1. The van der Waals surface area contributed by atoms with Gasteiger partial charge < -0.3 is 24.1 Å². The van der Waals surface area contributed by atoms with E-state index >= 15 is 0 Å². The van der Waals surface area contributed by atoms with Crippen LogP contribution in [0.2, 0.25) is 5.02 Å². The molecule has 3 aromatic rings. The van der Waals surface area contributed by atoms with Crippen molar-refractivity contribution in [2.75, 3.05) is 39.5 Å². The van der Waals surface area contributed by atoms with Crippen molar-refractivity contribution in [1.29, 1.82) is 0 Å². The topological polar surface area (TPSA) is 82.0 Å². The van der Waals surface area contributed by atoms with Crippen LogP contribution in [0.3, 0.4) is 0 Å². The van der Waals surface area contributed by atoms with Gasteiger partial charge in [-0.25, -0.2) is 0 Å². The van der Waals surface area contributed by atoms with Crippen molar-refractivity contribution in [2.24, 2.45) is 5.92 Å². The van der Waals surface area contributed by atoms with E-state index in [0.717, 1.165) is 61.5 Å². The molecule has 9 heteroatoms. The Morgan fingerprint density at radius 1 is 1.00 bits per heavy atom. The van der Waals surface area contributed by atoms with Gasteiger partial charge in [0.2, 0.25) is 5.43 Å². The van der Waals surface area contributed by atoms with E-state index in [2.05, 4.69) is 16.3 Å². The highest BCUT2D eigenvalue weighted by Gasteiger charge is 2.32. The summed E-state index contributed by atoms with van der Waals surface area (Å²) in [5, 5.41) is 4.07. The molecule has 1 unspecified atom stereocenters. The molecule has 8 nitrogen and oxygen atoms in total. The number of amides is 1. The highest BCUT2D eigenvalue weighted by molar-refractivity contribution is 6.30. The van der Waals surface area contributed by atoms with Crippen LogP contribution in [0.25, 0.3) is 10.9 Å². The molecule has 0 aliphatic carbocycles. The average molecular weight is 538 g/mol. The van der Waals surface area contributed by atoms with Gasteiger partial charge in [0.25, 0.3) is 5.91 Å². The predicted molar refractivity (Wildman–Crippen MR) is 145 cm³/mol. The molecule has 4 heterocycles. The summed E-state index contributed by atoms with van der Waals surface area (Å²) in [5.74, 6) is 0.694. The molecule has 0 bridgehead atoms. The Kier molecular flexibility index (Phi) is 7.39. The molecule has 2 saturated heterocycles. The van der Waals surface area contributed by atoms with Gasteiger partial charge in [-0.3, -0.25) is 14.5 Å². The quantitative estimate of drug-likeness (QED) is 0.517. The molecule has 38 heavy (non-hydrogen) atoms. The van der Waals surface area contributed by atoms with Gasteiger partial charge in [-0.05, 0) is 48.2 Å². The van der Waals surface area contributed by atoms with E-state index in [4.69, 9.17) is 25.8 Å². The molecule has 1 atom stereocenters. The lowest BCUT2D eigenvalue weighted by Crippen LogP contribution is -2.39. The van der Waals surface area contributed by atoms with Crippen LogP contribution in [-0.2, 0) is 29.1 Å². The van der Waals surface area contributed by atoms with Crippen LogP contribution in [0.15, 0.2) is 47.4 Å². The molecule has 0 radical (unpaired) electrons. The van der Waals surface area contributed by atoms with E-state index in [1.807, 2.05) is 22.8 Å². The summed E-state index contributed by atoms with van der Waals surface area (Å²) in [7, 11) is 0. The third kappa shape index (κ3) is 5.31. The minimum atomic E-state index is -0.384. The maximum atomic E-state index is 13.7. The number of ether oxygens (including phenoxy) is 3. The Morgan fingerprint density at radius 3 is 2.50 bits per heavy atom. The number of halogens is 1. The van der Waals surface area contributed by atoms with Crippen LogP contribution < -0.4 is 15.5 Å². The van der Waals surface area contributed by atoms with Crippen molar-refractivity contribution < 1.29 is 19.0 Å². The monoisotopic (exact) mass is 537 g/mol. The van der Waals surface area contributed by atoms with Gasteiger partial charge in [0, 0.05) is 56.5 Å². The summed E-state index contributed by atoms with van der Waals surface area (Å²) in [6.07, 6.45) is 3.54. The number of benzene rings is 2. The lowest BCUT2D eigenvalue weighted by molar-refractivity contribution is 0.00949. The fourth-order valence-corrected chi connectivity index (χ4v) is 5.80. The normalized spacial score (nSPS) is 20.3. The highest BCUT2D eigenvalue weighted by Crippen LogP contribution is 2.35. The molecule has 0 saturated carbocycles. The number of hydrogen-bond donors (Lipinski definition) is 1. The first-order valence-electron chi connectivity index (χ1n) is 13.3. The fraction of sp³-hybridized carbons (Fsp3) is 0.448. The molecule has 0 spiro atoms. The number of nitrogens with zero attached hydrogens (tertiary/aromatic N) is 2. The molecule has 2 fully saturated rings. The molecular formula is C29H32ClN3O5. The number of aromatic nitrogens is 1. The first-order valence-corrected chi connectivity index (χ1v) is 13.7. The van der Waals surface area contributed by atoms with E-state index in [9.17, 15) is 9.59 Å². The molecule has 3 aliphatic heterocycles. The van der Waals surface area contributed by atoms with E-state index in [0.29, 0.717) is 49.2 Å². The average Bonchev–Trinajstić information content (AvgIpc) is 2.95. The maximum absolute atomic E-state index is 13.7. The Morgan fingerprint density at radius 2 is 1.74 bits per heavy atom. The van der Waals surface area contributed by atoms with Gasteiger partial charge in [0.15, 0.2) is 0 Å². The fourth-order valence-electron chi connectivity index (χ4n) is 5.67. The predicted octanol–water partition coefficient (Wildman–Crippen LogP) is 3.60. The van der Waals surface area contributed by atoms with Crippen molar-refractivity contribution in [3.8, 4) is 5.75 Å². The van der Waals surface area contributed by atoms with Crippen LogP contribution in [0, 0.1) is 5.92 Å². The smallest absolute Gasteiger partial charge is 0.257 e.